The number of thioether (sulfide) groups is 1. The Kier molecular flexibility index (Phi) is 7.63. The van der Waals surface area contributed by atoms with Gasteiger partial charge in [-0.25, -0.2) is 0 Å². The molecule has 1 heterocycles. The topological polar surface area (TPSA) is 102 Å². The summed E-state index contributed by atoms with van der Waals surface area (Å²) in [5, 5.41) is 13.8. The first-order valence-electron chi connectivity index (χ1n) is 9.02. The molecule has 0 bridgehead atoms. The van der Waals surface area contributed by atoms with Crippen molar-refractivity contribution < 1.29 is 19.1 Å². The third-order valence-electron chi connectivity index (χ3n) is 3.73. The van der Waals surface area contributed by atoms with Crippen LogP contribution < -0.4 is 20.1 Å². The summed E-state index contributed by atoms with van der Waals surface area (Å²) in [6, 6.07) is 14.0. The van der Waals surface area contributed by atoms with Crippen LogP contribution >= 0.6 is 23.1 Å². The maximum Gasteiger partial charge on any atom is 0.257 e. The van der Waals surface area contributed by atoms with E-state index in [4.69, 9.17) is 9.47 Å². The maximum absolute atomic E-state index is 12.3. The summed E-state index contributed by atoms with van der Waals surface area (Å²) in [6.07, 6.45) is 0. The van der Waals surface area contributed by atoms with Crippen LogP contribution in [0.2, 0.25) is 0 Å². The second-order valence-corrected chi connectivity index (χ2v) is 8.05. The van der Waals surface area contributed by atoms with Crippen LogP contribution in [-0.4, -0.2) is 41.5 Å². The summed E-state index contributed by atoms with van der Waals surface area (Å²) in [5.74, 6) is 1.07. The Bertz CT molecular complexity index is 1010. The quantitative estimate of drug-likeness (QED) is 0.381. The van der Waals surface area contributed by atoms with Crippen molar-refractivity contribution >= 4 is 45.7 Å². The van der Waals surface area contributed by atoms with Gasteiger partial charge in [0, 0.05) is 17.3 Å². The molecule has 2 amide bonds. The number of anilines is 2. The molecule has 0 aliphatic carbocycles. The third kappa shape index (κ3) is 6.19. The zero-order valence-electron chi connectivity index (χ0n) is 16.4. The van der Waals surface area contributed by atoms with Gasteiger partial charge in [-0.05, 0) is 43.3 Å². The molecule has 156 valence electrons. The molecular formula is C20H20N4O4S2. The van der Waals surface area contributed by atoms with Crippen LogP contribution in [-0.2, 0) is 4.79 Å². The minimum Gasteiger partial charge on any atom is -0.497 e. The molecule has 0 saturated heterocycles. The summed E-state index contributed by atoms with van der Waals surface area (Å²) in [6.45, 7) is 2.46. The Hall–Kier alpha value is -3.11. The molecule has 0 unspecified atom stereocenters. The van der Waals surface area contributed by atoms with Crippen LogP contribution in [0, 0.1) is 0 Å². The highest BCUT2D eigenvalue weighted by molar-refractivity contribution is 8.01. The minimum absolute atomic E-state index is 0.165. The number of aromatic nitrogens is 2. The molecule has 0 aliphatic rings. The molecule has 3 rings (SSSR count). The van der Waals surface area contributed by atoms with Gasteiger partial charge in [-0.2, -0.15) is 0 Å². The van der Waals surface area contributed by atoms with Crippen molar-refractivity contribution in [2.45, 2.75) is 11.3 Å². The number of rotatable bonds is 9. The van der Waals surface area contributed by atoms with Gasteiger partial charge in [-0.15, -0.1) is 10.2 Å². The van der Waals surface area contributed by atoms with Crippen molar-refractivity contribution in [1.82, 2.24) is 10.2 Å². The Morgan fingerprint density at radius 2 is 1.87 bits per heavy atom. The number of amides is 2. The van der Waals surface area contributed by atoms with Crippen LogP contribution in [0.15, 0.2) is 52.9 Å². The first-order chi connectivity index (χ1) is 14.6. The molecule has 0 spiro atoms. The van der Waals surface area contributed by atoms with Crippen molar-refractivity contribution in [3.8, 4) is 11.5 Å². The Labute approximate surface area is 182 Å². The molecule has 1 aromatic heterocycles. The maximum atomic E-state index is 12.3. The molecule has 0 radical (unpaired) electrons. The SMILES string of the molecule is CCOc1ccc(C(=O)Nc2nnc(SCC(=O)Nc3cccc(OC)c3)s2)cc1. The molecule has 2 N–H and O–H groups in total. The fourth-order valence-electron chi connectivity index (χ4n) is 2.38. The average molecular weight is 445 g/mol. The number of methoxy groups -OCH3 is 1. The number of hydrogen-bond donors (Lipinski definition) is 2. The Morgan fingerprint density at radius 3 is 2.60 bits per heavy atom. The number of carbonyl (C=O) groups excluding carboxylic acids is 2. The van der Waals surface area contributed by atoms with Gasteiger partial charge in [0.15, 0.2) is 4.34 Å². The molecule has 2 aromatic carbocycles. The zero-order valence-corrected chi connectivity index (χ0v) is 18.0. The molecular weight excluding hydrogens is 424 g/mol. The molecule has 30 heavy (non-hydrogen) atoms. The smallest absolute Gasteiger partial charge is 0.257 e. The van der Waals surface area contributed by atoms with Gasteiger partial charge >= 0.3 is 0 Å². The van der Waals surface area contributed by atoms with Crippen LogP contribution in [0.5, 0.6) is 11.5 Å². The first kappa shape index (κ1) is 21.6. The van der Waals surface area contributed by atoms with E-state index >= 15 is 0 Å². The van der Waals surface area contributed by atoms with E-state index in [9.17, 15) is 9.59 Å². The van der Waals surface area contributed by atoms with Crippen LogP contribution in [0.25, 0.3) is 0 Å². The van der Waals surface area contributed by atoms with Crippen molar-refractivity contribution in [3.63, 3.8) is 0 Å². The van der Waals surface area contributed by atoms with Gasteiger partial charge in [0.25, 0.3) is 5.91 Å². The van der Waals surface area contributed by atoms with E-state index in [1.807, 2.05) is 6.92 Å². The fraction of sp³-hybridized carbons (Fsp3) is 0.200. The summed E-state index contributed by atoms with van der Waals surface area (Å²) in [5.41, 5.74) is 1.14. The van der Waals surface area contributed by atoms with Gasteiger partial charge in [0.05, 0.1) is 19.5 Å². The number of hydrogen-bond acceptors (Lipinski definition) is 8. The summed E-state index contributed by atoms with van der Waals surface area (Å²) in [7, 11) is 1.57. The zero-order chi connectivity index (χ0) is 21.3. The summed E-state index contributed by atoms with van der Waals surface area (Å²) >= 11 is 2.45. The number of benzene rings is 2. The Balaban J connectivity index is 1.49. The lowest BCUT2D eigenvalue weighted by atomic mass is 10.2. The van der Waals surface area contributed by atoms with Crippen molar-refractivity contribution in [2.24, 2.45) is 0 Å². The average Bonchev–Trinajstić information content (AvgIpc) is 3.20. The van der Waals surface area contributed by atoms with Crippen molar-refractivity contribution in [3.05, 3.63) is 54.1 Å². The fourth-order valence-corrected chi connectivity index (χ4v) is 3.93. The highest BCUT2D eigenvalue weighted by atomic mass is 32.2. The largest absolute Gasteiger partial charge is 0.497 e. The highest BCUT2D eigenvalue weighted by Crippen LogP contribution is 2.26. The van der Waals surface area contributed by atoms with E-state index in [2.05, 4.69) is 20.8 Å². The number of ether oxygens (including phenoxy) is 2. The van der Waals surface area contributed by atoms with Crippen molar-refractivity contribution in [2.75, 3.05) is 30.1 Å². The standard InChI is InChI=1S/C20H20N4O4S2/c1-3-28-15-9-7-13(8-10-15)18(26)22-19-23-24-20(30-19)29-12-17(25)21-14-5-4-6-16(11-14)27-2/h4-11H,3,12H2,1-2H3,(H,21,25)(H,22,23,26). The summed E-state index contributed by atoms with van der Waals surface area (Å²) < 4.78 is 11.1. The lowest BCUT2D eigenvalue weighted by molar-refractivity contribution is -0.113. The van der Waals surface area contributed by atoms with E-state index in [-0.39, 0.29) is 17.6 Å². The predicted octanol–water partition coefficient (Wildman–Crippen LogP) is 3.93. The number of carbonyl (C=O) groups is 2. The molecule has 0 fully saturated rings. The van der Waals surface area contributed by atoms with E-state index in [0.29, 0.717) is 38.8 Å². The van der Waals surface area contributed by atoms with Crippen LogP contribution in [0.1, 0.15) is 17.3 Å². The van der Waals surface area contributed by atoms with E-state index in [0.717, 1.165) is 0 Å². The lowest BCUT2D eigenvalue weighted by Gasteiger charge is -2.06. The summed E-state index contributed by atoms with van der Waals surface area (Å²) in [4.78, 5) is 24.5. The molecule has 10 heteroatoms. The highest BCUT2D eigenvalue weighted by Gasteiger charge is 2.12. The van der Waals surface area contributed by atoms with E-state index in [1.165, 1.54) is 23.1 Å². The number of nitrogens with one attached hydrogen (secondary N) is 2. The molecule has 3 aromatic rings. The number of nitrogens with zero attached hydrogens (tertiary/aromatic N) is 2. The van der Waals surface area contributed by atoms with Gasteiger partial charge < -0.3 is 14.8 Å². The van der Waals surface area contributed by atoms with Gasteiger partial charge in [0.1, 0.15) is 11.5 Å². The van der Waals surface area contributed by atoms with E-state index < -0.39 is 0 Å². The Morgan fingerprint density at radius 1 is 1.07 bits per heavy atom. The van der Waals surface area contributed by atoms with Gasteiger partial charge in [-0.3, -0.25) is 14.9 Å². The third-order valence-corrected chi connectivity index (χ3v) is 5.71. The molecule has 0 aliphatic heterocycles. The van der Waals surface area contributed by atoms with Gasteiger partial charge in [0.2, 0.25) is 11.0 Å². The molecule has 0 saturated carbocycles. The van der Waals surface area contributed by atoms with Crippen LogP contribution in [0.4, 0.5) is 10.8 Å². The van der Waals surface area contributed by atoms with Crippen LogP contribution in [0.3, 0.4) is 0 Å². The van der Waals surface area contributed by atoms with Crippen molar-refractivity contribution in [1.29, 1.82) is 0 Å². The monoisotopic (exact) mass is 444 g/mol. The normalized spacial score (nSPS) is 10.3. The minimum atomic E-state index is -0.290. The van der Waals surface area contributed by atoms with Gasteiger partial charge in [-0.1, -0.05) is 29.2 Å². The second-order valence-electron chi connectivity index (χ2n) is 5.85. The lowest BCUT2D eigenvalue weighted by Crippen LogP contribution is -2.13. The second kappa shape index (κ2) is 10.6. The molecule has 8 nitrogen and oxygen atoms in total. The first-order valence-corrected chi connectivity index (χ1v) is 10.8. The predicted molar refractivity (Wildman–Crippen MR) is 118 cm³/mol. The van der Waals surface area contributed by atoms with E-state index in [1.54, 1.807) is 55.6 Å². The molecule has 0 atom stereocenters.